The van der Waals surface area contributed by atoms with Gasteiger partial charge in [-0.25, -0.2) is 0 Å². The van der Waals surface area contributed by atoms with Crippen molar-refractivity contribution in [3.05, 3.63) is 77.9 Å². The highest BCUT2D eigenvalue weighted by molar-refractivity contribution is 5.81. The van der Waals surface area contributed by atoms with Crippen LogP contribution in [-0.2, 0) is 16.0 Å². The summed E-state index contributed by atoms with van der Waals surface area (Å²) >= 11 is 0. The zero-order chi connectivity index (χ0) is 22.4. The van der Waals surface area contributed by atoms with Crippen LogP contribution in [0, 0.1) is 5.92 Å². The number of nitrogens with zero attached hydrogens (tertiary/aromatic N) is 1. The number of amides is 2. The predicted molar refractivity (Wildman–Crippen MR) is 123 cm³/mol. The maximum atomic E-state index is 13.0. The number of fused-ring (bicyclic) bond motifs is 1. The molecule has 2 aromatic rings. The molecule has 0 spiro atoms. The first-order valence-electron chi connectivity index (χ1n) is 11.0. The fourth-order valence-electron chi connectivity index (χ4n) is 4.00. The second-order valence-electron chi connectivity index (χ2n) is 8.16. The molecule has 2 atom stereocenters. The number of hydrogen-bond donors (Lipinski definition) is 1. The molecule has 5 nitrogen and oxygen atoms in total. The van der Waals surface area contributed by atoms with Crippen LogP contribution in [0.15, 0.2) is 61.2 Å². The highest BCUT2D eigenvalue weighted by Crippen LogP contribution is 2.38. The first-order chi connectivity index (χ1) is 15.0. The maximum absolute atomic E-state index is 13.0. The summed E-state index contributed by atoms with van der Waals surface area (Å²) < 4.78 is 6.07. The molecule has 31 heavy (non-hydrogen) atoms. The molecule has 1 N–H and O–H groups in total. The summed E-state index contributed by atoms with van der Waals surface area (Å²) in [4.78, 5) is 27.4. The molecule has 0 bridgehead atoms. The Morgan fingerprint density at radius 2 is 1.97 bits per heavy atom. The molecule has 1 heterocycles. The fraction of sp³-hybridized carbons (Fsp3) is 0.385. The van der Waals surface area contributed by atoms with Crippen LogP contribution >= 0.6 is 0 Å². The van der Waals surface area contributed by atoms with Gasteiger partial charge in [-0.2, -0.15) is 0 Å². The van der Waals surface area contributed by atoms with Gasteiger partial charge in [-0.05, 0) is 41.7 Å². The van der Waals surface area contributed by atoms with E-state index in [1.54, 1.807) is 6.08 Å². The van der Waals surface area contributed by atoms with Crippen LogP contribution in [0.1, 0.15) is 49.9 Å². The minimum atomic E-state index is -0.579. The molecule has 2 amide bonds. The van der Waals surface area contributed by atoms with Crippen molar-refractivity contribution in [2.75, 3.05) is 13.1 Å². The Labute approximate surface area is 185 Å². The molecule has 0 fully saturated rings. The van der Waals surface area contributed by atoms with Crippen LogP contribution in [0.5, 0.6) is 5.75 Å². The fourth-order valence-corrected chi connectivity index (χ4v) is 4.00. The third-order valence-electron chi connectivity index (χ3n) is 5.60. The number of carbonyl (C=O) groups is 2. The summed E-state index contributed by atoms with van der Waals surface area (Å²) in [5.41, 5.74) is 3.34. The first kappa shape index (κ1) is 22.6. The van der Waals surface area contributed by atoms with Gasteiger partial charge in [0, 0.05) is 19.0 Å². The standard InChI is InChI=1S/C26H32N2O3/c1-5-15-27-25(29)23(6-2)31-21-13-12-19-14-16-28(26(30)18(3)4)24(22(19)17-21)20-10-8-7-9-11-20/h5,7-13,17-18,23-24H,1,6,14-16H2,2-4H3,(H,27,29)/t23-,24-/m0/s1. The zero-order valence-electron chi connectivity index (χ0n) is 18.6. The van der Waals surface area contributed by atoms with E-state index in [1.807, 2.05) is 56.0 Å². The van der Waals surface area contributed by atoms with Gasteiger partial charge in [0.05, 0.1) is 6.04 Å². The molecule has 0 unspecified atom stereocenters. The lowest BCUT2D eigenvalue weighted by molar-refractivity contribution is -0.136. The Morgan fingerprint density at radius 3 is 2.61 bits per heavy atom. The van der Waals surface area contributed by atoms with Crippen molar-refractivity contribution in [1.29, 1.82) is 0 Å². The third kappa shape index (κ3) is 5.16. The average Bonchev–Trinajstić information content (AvgIpc) is 2.80. The van der Waals surface area contributed by atoms with E-state index in [1.165, 1.54) is 5.56 Å². The highest BCUT2D eigenvalue weighted by Gasteiger charge is 2.33. The number of rotatable bonds is 8. The quantitative estimate of drug-likeness (QED) is 0.649. The van der Waals surface area contributed by atoms with Crippen molar-refractivity contribution in [1.82, 2.24) is 10.2 Å². The minimum Gasteiger partial charge on any atom is -0.481 e. The minimum absolute atomic E-state index is 0.0785. The SMILES string of the molecule is C=CCNC(=O)[C@H](CC)Oc1ccc2c(c1)[C@H](c1ccccc1)N(C(=O)C(C)C)CC2. The summed E-state index contributed by atoms with van der Waals surface area (Å²) in [7, 11) is 0. The van der Waals surface area contributed by atoms with E-state index in [0.29, 0.717) is 25.3 Å². The van der Waals surface area contributed by atoms with E-state index in [4.69, 9.17) is 4.74 Å². The Hall–Kier alpha value is -3.08. The predicted octanol–water partition coefficient (Wildman–Crippen LogP) is 4.28. The van der Waals surface area contributed by atoms with Crippen LogP contribution < -0.4 is 10.1 Å². The summed E-state index contributed by atoms with van der Waals surface area (Å²) in [6.45, 7) is 10.5. The normalized spacial score (nSPS) is 16.4. The molecule has 1 aliphatic heterocycles. The summed E-state index contributed by atoms with van der Waals surface area (Å²) in [5.74, 6) is 0.543. The summed E-state index contributed by atoms with van der Waals surface area (Å²) in [6, 6.07) is 15.9. The van der Waals surface area contributed by atoms with Crippen molar-refractivity contribution in [2.24, 2.45) is 5.92 Å². The Balaban J connectivity index is 1.96. The topological polar surface area (TPSA) is 58.6 Å². The number of hydrogen-bond acceptors (Lipinski definition) is 3. The summed E-state index contributed by atoms with van der Waals surface area (Å²) in [5, 5.41) is 2.80. The monoisotopic (exact) mass is 420 g/mol. The van der Waals surface area contributed by atoms with E-state index < -0.39 is 6.10 Å². The lowest BCUT2D eigenvalue weighted by Gasteiger charge is -2.39. The van der Waals surface area contributed by atoms with Crippen molar-refractivity contribution in [3.8, 4) is 5.75 Å². The maximum Gasteiger partial charge on any atom is 0.261 e. The lowest BCUT2D eigenvalue weighted by Crippen LogP contribution is -2.42. The van der Waals surface area contributed by atoms with Gasteiger partial charge in [0.15, 0.2) is 6.10 Å². The molecule has 0 saturated carbocycles. The van der Waals surface area contributed by atoms with Gasteiger partial charge >= 0.3 is 0 Å². The van der Waals surface area contributed by atoms with E-state index in [0.717, 1.165) is 17.5 Å². The van der Waals surface area contributed by atoms with Crippen LogP contribution in [-0.4, -0.2) is 35.9 Å². The van der Waals surface area contributed by atoms with Crippen molar-refractivity contribution in [2.45, 2.75) is 45.8 Å². The summed E-state index contributed by atoms with van der Waals surface area (Å²) in [6.07, 6.45) is 2.42. The molecule has 0 radical (unpaired) electrons. The molecule has 0 aliphatic carbocycles. The van der Waals surface area contributed by atoms with Gasteiger partial charge in [0.25, 0.3) is 5.91 Å². The van der Waals surface area contributed by atoms with Crippen molar-refractivity contribution < 1.29 is 14.3 Å². The van der Waals surface area contributed by atoms with Crippen LogP contribution in [0.25, 0.3) is 0 Å². The molecule has 1 aliphatic rings. The van der Waals surface area contributed by atoms with Crippen LogP contribution in [0.3, 0.4) is 0 Å². The first-order valence-corrected chi connectivity index (χ1v) is 11.0. The molecule has 3 rings (SSSR count). The van der Waals surface area contributed by atoms with Crippen LogP contribution in [0.4, 0.5) is 0 Å². The van der Waals surface area contributed by atoms with Crippen LogP contribution in [0.2, 0.25) is 0 Å². The van der Waals surface area contributed by atoms with E-state index in [9.17, 15) is 9.59 Å². The second-order valence-corrected chi connectivity index (χ2v) is 8.16. The number of nitrogens with one attached hydrogen (secondary N) is 1. The Kier molecular flexibility index (Phi) is 7.50. The van der Waals surface area contributed by atoms with Gasteiger partial charge in [-0.3, -0.25) is 9.59 Å². The van der Waals surface area contributed by atoms with E-state index >= 15 is 0 Å². The molecule has 0 aromatic heterocycles. The van der Waals surface area contributed by atoms with Gasteiger partial charge < -0.3 is 15.0 Å². The van der Waals surface area contributed by atoms with Gasteiger partial charge in [-0.1, -0.05) is 63.2 Å². The molecular weight excluding hydrogens is 388 g/mol. The Bertz CT molecular complexity index is 924. The van der Waals surface area contributed by atoms with Crippen molar-refractivity contribution >= 4 is 11.8 Å². The van der Waals surface area contributed by atoms with Gasteiger partial charge in [0.1, 0.15) is 5.75 Å². The zero-order valence-corrected chi connectivity index (χ0v) is 18.6. The highest BCUT2D eigenvalue weighted by atomic mass is 16.5. The van der Waals surface area contributed by atoms with Gasteiger partial charge in [0.2, 0.25) is 5.91 Å². The largest absolute Gasteiger partial charge is 0.481 e. The second kappa shape index (κ2) is 10.3. The molecule has 5 heteroatoms. The smallest absolute Gasteiger partial charge is 0.261 e. The van der Waals surface area contributed by atoms with Gasteiger partial charge in [-0.15, -0.1) is 6.58 Å². The number of benzene rings is 2. The number of carbonyl (C=O) groups excluding carboxylic acids is 2. The molecule has 0 saturated heterocycles. The van der Waals surface area contributed by atoms with E-state index in [-0.39, 0.29) is 23.8 Å². The molecule has 164 valence electrons. The lowest BCUT2D eigenvalue weighted by atomic mass is 9.87. The number of ether oxygens (including phenoxy) is 1. The van der Waals surface area contributed by atoms with E-state index in [2.05, 4.69) is 30.1 Å². The average molecular weight is 421 g/mol. The third-order valence-corrected chi connectivity index (χ3v) is 5.60. The molecular formula is C26H32N2O3. The Morgan fingerprint density at radius 1 is 1.23 bits per heavy atom. The molecule has 2 aromatic carbocycles. The van der Waals surface area contributed by atoms with Crippen molar-refractivity contribution in [3.63, 3.8) is 0 Å².